The smallest absolute Gasteiger partial charge is 0.373 e. The lowest BCUT2D eigenvalue weighted by Gasteiger charge is -2.23. The van der Waals surface area contributed by atoms with Gasteiger partial charge >= 0.3 is 5.97 Å². The number of hydrogen-bond donors (Lipinski definition) is 1. The maximum absolute atomic E-state index is 11.3. The second-order valence-electron chi connectivity index (χ2n) is 4.95. The van der Waals surface area contributed by atoms with Gasteiger partial charge in [-0.1, -0.05) is 19.3 Å². The van der Waals surface area contributed by atoms with Gasteiger partial charge in [0.15, 0.2) is 0 Å². The van der Waals surface area contributed by atoms with Crippen LogP contribution in [-0.2, 0) is 4.74 Å². The van der Waals surface area contributed by atoms with Crippen LogP contribution in [0.4, 0.5) is 0 Å². The van der Waals surface area contributed by atoms with E-state index in [2.05, 4.69) is 4.74 Å². The maximum Gasteiger partial charge on any atom is 0.373 e. The second kappa shape index (κ2) is 6.57. The van der Waals surface area contributed by atoms with E-state index in [0.717, 1.165) is 0 Å². The minimum Gasteiger partial charge on any atom is -0.463 e. The Hall–Kier alpha value is -1.55. The summed E-state index contributed by atoms with van der Waals surface area (Å²) in [6.45, 7) is 0.541. The first-order valence-electron chi connectivity index (χ1n) is 6.83. The van der Waals surface area contributed by atoms with Gasteiger partial charge in [0.25, 0.3) is 0 Å². The van der Waals surface area contributed by atoms with E-state index >= 15 is 0 Å². The molecule has 1 aliphatic carbocycles. The van der Waals surface area contributed by atoms with E-state index < -0.39 is 5.97 Å². The Labute approximate surface area is 113 Å². The van der Waals surface area contributed by atoms with Crippen molar-refractivity contribution in [1.29, 1.82) is 0 Å². The van der Waals surface area contributed by atoms with Crippen LogP contribution in [0, 0.1) is 5.92 Å². The highest BCUT2D eigenvalue weighted by Crippen LogP contribution is 2.30. The van der Waals surface area contributed by atoms with Crippen molar-refractivity contribution in [2.75, 3.05) is 13.7 Å². The number of carbonyl (C=O) groups is 1. The third-order valence-electron chi connectivity index (χ3n) is 3.71. The van der Waals surface area contributed by atoms with E-state index in [1.165, 1.54) is 44.8 Å². The maximum atomic E-state index is 11.3. The summed E-state index contributed by atoms with van der Waals surface area (Å²) in [5, 5.41) is 0. The molecule has 0 saturated heterocycles. The van der Waals surface area contributed by atoms with E-state index in [1.807, 2.05) is 6.08 Å². The first kappa shape index (κ1) is 13.9. The zero-order valence-electron chi connectivity index (χ0n) is 11.4. The summed E-state index contributed by atoms with van der Waals surface area (Å²) >= 11 is 0. The average molecular weight is 263 g/mol. The van der Waals surface area contributed by atoms with Gasteiger partial charge in [-0.15, -0.1) is 0 Å². The van der Waals surface area contributed by atoms with Crippen LogP contribution in [0.3, 0.4) is 0 Å². The predicted octanol–water partition coefficient (Wildman–Crippen LogP) is 2.99. The van der Waals surface area contributed by atoms with Gasteiger partial charge in [0.1, 0.15) is 5.76 Å². The van der Waals surface area contributed by atoms with Crippen LogP contribution in [-0.4, -0.2) is 19.6 Å². The van der Waals surface area contributed by atoms with E-state index in [-0.39, 0.29) is 5.76 Å². The standard InChI is InChI=1S/C15H21NO3/c1-18-15(17)14-8-7-13(19-14)9-12(10-16)11-5-3-2-4-6-11/h7-9,11H,2-6,10,16H2,1H3. The molecule has 0 bridgehead atoms. The molecule has 19 heavy (non-hydrogen) atoms. The first-order chi connectivity index (χ1) is 9.24. The molecule has 1 aromatic rings. The van der Waals surface area contributed by atoms with Crippen molar-refractivity contribution in [3.05, 3.63) is 29.2 Å². The van der Waals surface area contributed by atoms with Crippen molar-refractivity contribution in [3.8, 4) is 0 Å². The number of nitrogens with two attached hydrogens (primary N) is 1. The summed E-state index contributed by atoms with van der Waals surface area (Å²) in [5.41, 5.74) is 7.06. The van der Waals surface area contributed by atoms with Gasteiger partial charge in [-0.05, 0) is 42.5 Å². The van der Waals surface area contributed by atoms with E-state index in [1.54, 1.807) is 12.1 Å². The van der Waals surface area contributed by atoms with Gasteiger partial charge in [-0.25, -0.2) is 4.79 Å². The van der Waals surface area contributed by atoms with E-state index in [9.17, 15) is 4.79 Å². The fourth-order valence-electron chi connectivity index (χ4n) is 2.64. The number of methoxy groups -OCH3 is 1. The lowest BCUT2D eigenvalue weighted by Crippen LogP contribution is -2.15. The van der Waals surface area contributed by atoms with Gasteiger partial charge in [-0.2, -0.15) is 0 Å². The summed E-state index contributed by atoms with van der Waals surface area (Å²) in [6, 6.07) is 3.41. The average Bonchev–Trinajstić information content (AvgIpc) is 2.93. The lowest BCUT2D eigenvalue weighted by atomic mass is 9.83. The normalized spacial score (nSPS) is 17.5. The van der Waals surface area contributed by atoms with Crippen molar-refractivity contribution in [3.63, 3.8) is 0 Å². The van der Waals surface area contributed by atoms with E-state index in [4.69, 9.17) is 10.2 Å². The summed E-state index contributed by atoms with van der Waals surface area (Å²) in [7, 11) is 1.34. The highest BCUT2D eigenvalue weighted by molar-refractivity contribution is 5.86. The Balaban J connectivity index is 2.12. The van der Waals surface area contributed by atoms with Crippen LogP contribution < -0.4 is 5.73 Å². The molecule has 0 amide bonds. The van der Waals surface area contributed by atoms with Crippen LogP contribution in [0.1, 0.15) is 48.4 Å². The number of carbonyl (C=O) groups excluding carboxylic acids is 1. The summed E-state index contributed by atoms with van der Waals surface area (Å²) in [4.78, 5) is 11.3. The molecule has 0 aromatic carbocycles. The predicted molar refractivity (Wildman–Crippen MR) is 73.7 cm³/mol. The van der Waals surface area contributed by atoms with Crippen molar-refractivity contribution in [2.45, 2.75) is 32.1 Å². The molecule has 104 valence electrons. The van der Waals surface area contributed by atoms with Crippen LogP contribution in [0.15, 0.2) is 22.1 Å². The third kappa shape index (κ3) is 3.47. The highest BCUT2D eigenvalue weighted by Gasteiger charge is 2.18. The molecule has 0 atom stereocenters. The van der Waals surface area contributed by atoms with Crippen molar-refractivity contribution in [2.24, 2.45) is 11.7 Å². The molecule has 1 aromatic heterocycles. The molecule has 1 fully saturated rings. The SMILES string of the molecule is COC(=O)c1ccc(C=C(CN)C2CCCCC2)o1. The number of rotatable bonds is 4. The first-order valence-corrected chi connectivity index (χ1v) is 6.83. The van der Waals surface area contributed by atoms with E-state index in [0.29, 0.717) is 18.2 Å². The van der Waals surface area contributed by atoms with Gasteiger partial charge in [0, 0.05) is 6.54 Å². The molecule has 1 saturated carbocycles. The number of ether oxygens (including phenoxy) is 1. The molecule has 1 aliphatic rings. The molecule has 0 spiro atoms. The molecule has 0 unspecified atom stereocenters. The number of hydrogen-bond acceptors (Lipinski definition) is 4. The van der Waals surface area contributed by atoms with Gasteiger partial charge in [0.2, 0.25) is 5.76 Å². The number of esters is 1. The largest absolute Gasteiger partial charge is 0.463 e. The Kier molecular flexibility index (Phi) is 4.80. The fraction of sp³-hybridized carbons (Fsp3) is 0.533. The Morgan fingerprint density at radius 3 is 2.79 bits per heavy atom. The molecule has 0 radical (unpaired) electrons. The summed E-state index contributed by atoms with van der Waals surface area (Å²) < 4.78 is 10.1. The molecule has 2 rings (SSSR count). The van der Waals surface area contributed by atoms with Gasteiger partial charge < -0.3 is 14.9 Å². The highest BCUT2D eigenvalue weighted by atomic mass is 16.5. The lowest BCUT2D eigenvalue weighted by molar-refractivity contribution is 0.0564. The van der Waals surface area contributed by atoms with Gasteiger partial charge in [0.05, 0.1) is 7.11 Å². The minimum absolute atomic E-state index is 0.230. The summed E-state index contributed by atoms with van der Waals surface area (Å²) in [5.74, 6) is 1.01. The molecular weight excluding hydrogens is 242 g/mol. The van der Waals surface area contributed by atoms with Crippen molar-refractivity contribution in [1.82, 2.24) is 0 Å². The quantitative estimate of drug-likeness (QED) is 0.848. The minimum atomic E-state index is -0.452. The Bertz CT molecular complexity index is 456. The molecule has 4 heteroatoms. The monoisotopic (exact) mass is 263 g/mol. The van der Waals surface area contributed by atoms with Crippen molar-refractivity contribution < 1.29 is 13.9 Å². The van der Waals surface area contributed by atoms with Gasteiger partial charge in [-0.3, -0.25) is 0 Å². The zero-order chi connectivity index (χ0) is 13.7. The molecule has 0 aliphatic heterocycles. The van der Waals surface area contributed by atoms with Crippen LogP contribution >= 0.6 is 0 Å². The molecule has 1 heterocycles. The molecule has 4 nitrogen and oxygen atoms in total. The third-order valence-corrected chi connectivity index (χ3v) is 3.71. The fourth-order valence-corrected chi connectivity index (χ4v) is 2.64. The van der Waals surface area contributed by atoms with Crippen LogP contribution in [0.25, 0.3) is 6.08 Å². The summed E-state index contributed by atoms with van der Waals surface area (Å²) in [6.07, 6.45) is 8.24. The Morgan fingerprint density at radius 1 is 1.42 bits per heavy atom. The second-order valence-corrected chi connectivity index (χ2v) is 4.95. The topological polar surface area (TPSA) is 65.5 Å². The zero-order valence-corrected chi connectivity index (χ0v) is 11.4. The van der Waals surface area contributed by atoms with Crippen molar-refractivity contribution >= 4 is 12.0 Å². The van der Waals surface area contributed by atoms with Crippen LogP contribution in [0.5, 0.6) is 0 Å². The number of furan rings is 1. The van der Waals surface area contributed by atoms with Crippen LogP contribution in [0.2, 0.25) is 0 Å². The Morgan fingerprint density at radius 2 is 2.16 bits per heavy atom. The molecule has 2 N–H and O–H groups in total. The molecular formula is C15H21NO3.